The number of rotatable bonds is 7. The molecule has 0 saturated heterocycles. The van der Waals surface area contributed by atoms with Gasteiger partial charge in [0.15, 0.2) is 0 Å². The maximum Gasteiger partial charge on any atom is 0.220 e. The van der Waals surface area contributed by atoms with E-state index in [0.717, 1.165) is 6.54 Å². The summed E-state index contributed by atoms with van der Waals surface area (Å²) in [6, 6.07) is 23.0. The van der Waals surface area contributed by atoms with E-state index in [1.165, 1.54) is 42.4 Å². The molecular formula is C25H27NOS. The van der Waals surface area contributed by atoms with Crippen molar-refractivity contribution in [3.8, 4) is 0 Å². The lowest BCUT2D eigenvalue weighted by atomic mass is 9.80. The Balaban J connectivity index is 1.48. The number of nitrogens with one attached hydrogen (secondary N) is 1. The lowest BCUT2D eigenvalue weighted by Gasteiger charge is -2.29. The van der Waals surface area contributed by atoms with Gasteiger partial charge in [0, 0.05) is 24.3 Å². The molecule has 1 amide bonds. The van der Waals surface area contributed by atoms with Crippen molar-refractivity contribution in [2.24, 2.45) is 0 Å². The number of thiophene rings is 1. The Labute approximate surface area is 171 Å². The summed E-state index contributed by atoms with van der Waals surface area (Å²) in [5.74, 6) is 0.224. The van der Waals surface area contributed by atoms with Gasteiger partial charge in [-0.25, -0.2) is 0 Å². The van der Waals surface area contributed by atoms with Gasteiger partial charge in [-0.1, -0.05) is 73.5 Å². The van der Waals surface area contributed by atoms with Gasteiger partial charge in [-0.3, -0.25) is 4.79 Å². The molecule has 0 radical (unpaired) electrons. The van der Waals surface area contributed by atoms with Gasteiger partial charge in [-0.2, -0.15) is 11.3 Å². The predicted molar refractivity (Wildman–Crippen MR) is 117 cm³/mol. The summed E-state index contributed by atoms with van der Waals surface area (Å²) in [4.78, 5) is 13.0. The number of hydrogen-bond donors (Lipinski definition) is 1. The largest absolute Gasteiger partial charge is 0.355 e. The highest BCUT2D eigenvalue weighted by atomic mass is 32.1. The van der Waals surface area contributed by atoms with Gasteiger partial charge in [-0.15, -0.1) is 0 Å². The van der Waals surface area contributed by atoms with Gasteiger partial charge in [0.1, 0.15) is 0 Å². The fraction of sp³-hybridized carbons (Fsp3) is 0.320. The number of hydrogen-bond acceptors (Lipinski definition) is 2. The molecule has 1 aromatic heterocycles. The van der Waals surface area contributed by atoms with E-state index in [2.05, 4.69) is 46.4 Å². The Morgan fingerprint density at radius 1 is 0.929 bits per heavy atom. The maximum atomic E-state index is 13.0. The van der Waals surface area contributed by atoms with Crippen molar-refractivity contribution < 1.29 is 4.79 Å². The van der Waals surface area contributed by atoms with Crippen LogP contribution in [0.5, 0.6) is 0 Å². The summed E-state index contributed by atoms with van der Waals surface area (Å²) in [6.07, 6.45) is 5.33. The average Bonchev–Trinajstić information content (AvgIpc) is 3.44. The molecule has 0 aliphatic heterocycles. The van der Waals surface area contributed by atoms with E-state index in [4.69, 9.17) is 0 Å². The van der Waals surface area contributed by atoms with Crippen LogP contribution in [0.3, 0.4) is 0 Å². The van der Waals surface area contributed by atoms with Gasteiger partial charge >= 0.3 is 0 Å². The average molecular weight is 390 g/mol. The standard InChI is InChI=1S/C25H27NOS/c27-24(26-19-25(14-7-8-15-25)22-13-16-28-18-22)17-23(20-9-3-1-4-10-20)21-11-5-2-6-12-21/h1-6,9-13,16,18,23H,7-8,14-15,17,19H2,(H,26,27). The highest BCUT2D eigenvalue weighted by Crippen LogP contribution is 2.41. The number of benzene rings is 2. The first-order valence-electron chi connectivity index (χ1n) is 10.2. The Kier molecular flexibility index (Phi) is 5.92. The van der Waals surface area contributed by atoms with Crippen LogP contribution in [0.2, 0.25) is 0 Å². The van der Waals surface area contributed by atoms with Crippen LogP contribution in [0.15, 0.2) is 77.5 Å². The maximum absolute atomic E-state index is 13.0. The molecule has 1 aliphatic rings. The second kappa shape index (κ2) is 8.74. The monoisotopic (exact) mass is 389 g/mol. The minimum atomic E-state index is 0.0862. The predicted octanol–water partition coefficient (Wildman–Crippen LogP) is 5.90. The number of carbonyl (C=O) groups excluding carboxylic acids is 1. The molecule has 1 saturated carbocycles. The van der Waals surface area contributed by atoms with E-state index in [1.54, 1.807) is 11.3 Å². The SMILES string of the molecule is O=C(CC(c1ccccc1)c1ccccc1)NCC1(c2ccsc2)CCCC1. The summed E-state index contributed by atoms with van der Waals surface area (Å²) in [7, 11) is 0. The van der Waals surface area contributed by atoms with Gasteiger partial charge < -0.3 is 5.32 Å². The Bertz CT molecular complexity index is 828. The first-order valence-corrected chi connectivity index (χ1v) is 11.1. The molecule has 0 bridgehead atoms. The van der Waals surface area contributed by atoms with Gasteiger partial charge in [0.25, 0.3) is 0 Å². The summed E-state index contributed by atoms with van der Waals surface area (Å²) in [5, 5.41) is 7.70. The van der Waals surface area contributed by atoms with E-state index >= 15 is 0 Å². The van der Waals surface area contributed by atoms with E-state index in [9.17, 15) is 4.79 Å². The fourth-order valence-corrected chi connectivity index (χ4v) is 5.29. The van der Waals surface area contributed by atoms with Crippen LogP contribution in [0.1, 0.15) is 54.7 Å². The van der Waals surface area contributed by atoms with Crippen molar-refractivity contribution in [2.45, 2.75) is 43.4 Å². The normalized spacial score (nSPS) is 15.6. The van der Waals surface area contributed by atoms with Crippen LogP contribution < -0.4 is 5.32 Å². The van der Waals surface area contributed by atoms with Crippen molar-refractivity contribution >= 4 is 17.2 Å². The first-order chi connectivity index (χ1) is 13.8. The zero-order chi connectivity index (χ0) is 19.2. The number of carbonyl (C=O) groups is 1. The van der Waals surface area contributed by atoms with Crippen molar-refractivity contribution in [2.75, 3.05) is 6.54 Å². The van der Waals surface area contributed by atoms with Crippen LogP contribution in [0, 0.1) is 0 Å². The lowest BCUT2D eigenvalue weighted by molar-refractivity contribution is -0.121. The van der Waals surface area contributed by atoms with Crippen LogP contribution in [0.4, 0.5) is 0 Å². The van der Waals surface area contributed by atoms with Crippen LogP contribution >= 0.6 is 11.3 Å². The molecular weight excluding hydrogens is 362 g/mol. The highest BCUT2D eigenvalue weighted by Gasteiger charge is 2.36. The molecule has 3 aromatic rings. The molecule has 0 unspecified atom stereocenters. The van der Waals surface area contributed by atoms with Crippen LogP contribution in [-0.2, 0) is 10.2 Å². The zero-order valence-corrected chi connectivity index (χ0v) is 17.0. The highest BCUT2D eigenvalue weighted by molar-refractivity contribution is 7.08. The minimum absolute atomic E-state index is 0.0862. The third-order valence-electron chi connectivity index (χ3n) is 6.11. The van der Waals surface area contributed by atoms with Crippen molar-refractivity contribution in [3.63, 3.8) is 0 Å². The Hall–Kier alpha value is -2.39. The van der Waals surface area contributed by atoms with Crippen molar-refractivity contribution in [1.82, 2.24) is 5.32 Å². The van der Waals surface area contributed by atoms with E-state index in [1.807, 2.05) is 36.4 Å². The fourth-order valence-electron chi connectivity index (χ4n) is 4.51. The van der Waals surface area contributed by atoms with E-state index in [-0.39, 0.29) is 17.2 Å². The minimum Gasteiger partial charge on any atom is -0.355 e. The Morgan fingerprint density at radius 2 is 1.54 bits per heavy atom. The summed E-state index contributed by atoms with van der Waals surface area (Å²) >= 11 is 1.75. The quantitative estimate of drug-likeness (QED) is 0.536. The summed E-state index contributed by atoms with van der Waals surface area (Å²) in [6.45, 7) is 0.749. The summed E-state index contributed by atoms with van der Waals surface area (Å²) < 4.78 is 0. The lowest BCUT2D eigenvalue weighted by Crippen LogP contribution is -2.39. The third kappa shape index (κ3) is 4.20. The molecule has 1 fully saturated rings. The molecule has 1 heterocycles. The molecule has 1 N–H and O–H groups in total. The van der Waals surface area contributed by atoms with Gasteiger partial charge in [-0.05, 0) is 46.4 Å². The van der Waals surface area contributed by atoms with Gasteiger partial charge in [0.05, 0.1) is 0 Å². The molecule has 0 atom stereocenters. The topological polar surface area (TPSA) is 29.1 Å². The van der Waals surface area contributed by atoms with E-state index < -0.39 is 0 Å². The van der Waals surface area contributed by atoms with Crippen molar-refractivity contribution in [3.05, 3.63) is 94.2 Å². The molecule has 28 heavy (non-hydrogen) atoms. The molecule has 4 rings (SSSR count). The smallest absolute Gasteiger partial charge is 0.220 e. The molecule has 1 aliphatic carbocycles. The molecule has 144 valence electrons. The molecule has 2 nitrogen and oxygen atoms in total. The Morgan fingerprint density at radius 3 is 2.07 bits per heavy atom. The van der Waals surface area contributed by atoms with Crippen LogP contribution in [0.25, 0.3) is 0 Å². The molecule has 3 heteroatoms. The first kappa shape index (κ1) is 18.9. The van der Waals surface area contributed by atoms with E-state index in [0.29, 0.717) is 6.42 Å². The van der Waals surface area contributed by atoms with Crippen LogP contribution in [-0.4, -0.2) is 12.5 Å². The number of amides is 1. The summed E-state index contributed by atoms with van der Waals surface area (Å²) in [5.41, 5.74) is 3.91. The molecule has 2 aromatic carbocycles. The molecule has 0 spiro atoms. The zero-order valence-electron chi connectivity index (χ0n) is 16.1. The van der Waals surface area contributed by atoms with Crippen molar-refractivity contribution in [1.29, 1.82) is 0 Å². The second-order valence-electron chi connectivity index (χ2n) is 7.85. The second-order valence-corrected chi connectivity index (χ2v) is 8.63. The third-order valence-corrected chi connectivity index (χ3v) is 6.79. The van der Waals surface area contributed by atoms with Gasteiger partial charge in [0.2, 0.25) is 5.91 Å².